The third-order valence-corrected chi connectivity index (χ3v) is 5.23. The van der Waals surface area contributed by atoms with Crippen LogP contribution >= 0.6 is 0 Å². The Balaban J connectivity index is 1.93. The lowest BCUT2D eigenvalue weighted by atomic mass is 9.77. The molecule has 5 unspecified atom stereocenters. The zero-order valence-electron chi connectivity index (χ0n) is 12.0. The van der Waals surface area contributed by atoms with Crippen LogP contribution in [0.15, 0.2) is 0 Å². The highest BCUT2D eigenvalue weighted by Gasteiger charge is 2.46. The van der Waals surface area contributed by atoms with E-state index < -0.39 is 12.1 Å². The van der Waals surface area contributed by atoms with Gasteiger partial charge in [-0.05, 0) is 43.9 Å². The van der Waals surface area contributed by atoms with Gasteiger partial charge in [-0.3, -0.25) is 0 Å². The number of rotatable bonds is 2. The Labute approximate surface area is 114 Å². The number of alkyl halides is 3. The van der Waals surface area contributed by atoms with E-state index in [1.54, 1.807) is 0 Å². The first-order valence-corrected chi connectivity index (χ1v) is 7.70. The molecule has 19 heavy (non-hydrogen) atoms. The van der Waals surface area contributed by atoms with E-state index >= 15 is 0 Å². The summed E-state index contributed by atoms with van der Waals surface area (Å²) in [5.74, 6) is 0.206. The molecule has 5 atom stereocenters. The molecule has 0 radical (unpaired) electrons. The molecule has 0 aromatic heterocycles. The summed E-state index contributed by atoms with van der Waals surface area (Å²) in [5.41, 5.74) is 0. The van der Waals surface area contributed by atoms with Gasteiger partial charge in [0.15, 0.2) is 0 Å². The standard InChI is InChI=1S/C15H26F3N/c1-10-7-8-12(9-11(10)2)19-14-6-4-3-5-13(14)15(16,17)18/h10-14,19H,3-9H2,1-2H3. The predicted molar refractivity (Wildman–Crippen MR) is 70.9 cm³/mol. The fraction of sp³-hybridized carbons (Fsp3) is 1.00. The minimum absolute atomic E-state index is 0.291. The van der Waals surface area contributed by atoms with Crippen LogP contribution in [0.25, 0.3) is 0 Å². The number of halogens is 3. The SMILES string of the molecule is CC1CCC(NC2CCCCC2C(F)(F)F)CC1C. The molecule has 0 heterocycles. The molecule has 2 fully saturated rings. The molecular weight excluding hydrogens is 251 g/mol. The summed E-state index contributed by atoms with van der Waals surface area (Å²) in [5, 5.41) is 3.35. The molecule has 2 rings (SSSR count). The fourth-order valence-electron chi connectivity index (χ4n) is 3.72. The Bertz CT molecular complexity index is 290. The molecule has 2 aliphatic carbocycles. The summed E-state index contributed by atoms with van der Waals surface area (Å²) in [7, 11) is 0. The minimum Gasteiger partial charge on any atom is -0.311 e. The zero-order valence-corrected chi connectivity index (χ0v) is 12.0. The zero-order chi connectivity index (χ0) is 14.0. The van der Waals surface area contributed by atoms with Crippen molar-refractivity contribution in [2.75, 3.05) is 0 Å². The highest BCUT2D eigenvalue weighted by atomic mass is 19.4. The van der Waals surface area contributed by atoms with E-state index in [4.69, 9.17) is 0 Å². The first kappa shape index (κ1) is 15.1. The molecular formula is C15H26F3N. The van der Waals surface area contributed by atoms with Gasteiger partial charge in [0.1, 0.15) is 0 Å². The van der Waals surface area contributed by atoms with E-state index in [9.17, 15) is 13.2 Å². The van der Waals surface area contributed by atoms with Crippen LogP contribution in [0.2, 0.25) is 0 Å². The van der Waals surface area contributed by atoms with Crippen LogP contribution in [-0.4, -0.2) is 18.3 Å². The van der Waals surface area contributed by atoms with Crippen molar-refractivity contribution < 1.29 is 13.2 Å². The summed E-state index contributed by atoms with van der Waals surface area (Å²) < 4.78 is 39.1. The van der Waals surface area contributed by atoms with Crippen LogP contribution in [0, 0.1) is 17.8 Å². The van der Waals surface area contributed by atoms with E-state index in [2.05, 4.69) is 19.2 Å². The first-order valence-electron chi connectivity index (χ1n) is 7.70. The Hall–Kier alpha value is -0.250. The van der Waals surface area contributed by atoms with Gasteiger partial charge >= 0.3 is 6.18 Å². The van der Waals surface area contributed by atoms with Gasteiger partial charge < -0.3 is 5.32 Å². The fourth-order valence-corrected chi connectivity index (χ4v) is 3.72. The van der Waals surface area contributed by atoms with Crippen molar-refractivity contribution in [1.82, 2.24) is 5.32 Å². The van der Waals surface area contributed by atoms with E-state index in [1.807, 2.05) is 0 Å². The van der Waals surface area contributed by atoms with Crippen LogP contribution in [0.1, 0.15) is 58.8 Å². The molecule has 0 saturated heterocycles. The van der Waals surface area contributed by atoms with Crippen LogP contribution in [0.3, 0.4) is 0 Å². The van der Waals surface area contributed by atoms with Gasteiger partial charge in [0.05, 0.1) is 5.92 Å². The van der Waals surface area contributed by atoms with Gasteiger partial charge in [0.2, 0.25) is 0 Å². The summed E-state index contributed by atoms with van der Waals surface area (Å²) in [6.45, 7) is 4.47. The summed E-state index contributed by atoms with van der Waals surface area (Å²) >= 11 is 0. The van der Waals surface area contributed by atoms with E-state index in [-0.39, 0.29) is 6.04 Å². The Kier molecular flexibility index (Phi) is 4.80. The van der Waals surface area contributed by atoms with Crippen molar-refractivity contribution in [1.29, 1.82) is 0 Å². The van der Waals surface area contributed by atoms with Gasteiger partial charge in [-0.15, -0.1) is 0 Å². The van der Waals surface area contributed by atoms with Crippen molar-refractivity contribution in [2.45, 2.75) is 77.1 Å². The van der Waals surface area contributed by atoms with Gasteiger partial charge in [0, 0.05) is 12.1 Å². The van der Waals surface area contributed by atoms with Gasteiger partial charge in [-0.1, -0.05) is 26.7 Å². The van der Waals surface area contributed by atoms with Gasteiger partial charge in [-0.25, -0.2) is 0 Å². The van der Waals surface area contributed by atoms with Crippen LogP contribution < -0.4 is 5.32 Å². The van der Waals surface area contributed by atoms with Crippen molar-refractivity contribution in [3.05, 3.63) is 0 Å². The molecule has 2 aliphatic rings. The molecule has 0 aromatic carbocycles. The molecule has 4 heteroatoms. The second-order valence-electron chi connectivity index (χ2n) is 6.67. The van der Waals surface area contributed by atoms with Crippen LogP contribution in [0.4, 0.5) is 13.2 Å². The number of hydrogen-bond donors (Lipinski definition) is 1. The summed E-state index contributed by atoms with van der Waals surface area (Å²) in [6, 6.07) is -0.0569. The van der Waals surface area contributed by atoms with E-state index in [1.165, 1.54) is 0 Å². The molecule has 112 valence electrons. The second kappa shape index (κ2) is 6.02. The number of hydrogen-bond acceptors (Lipinski definition) is 1. The summed E-state index contributed by atoms with van der Waals surface area (Å²) in [6.07, 6.45) is 1.82. The largest absolute Gasteiger partial charge is 0.393 e. The molecule has 1 nitrogen and oxygen atoms in total. The maximum atomic E-state index is 13.0. The van der Waals surface area contributed by atoms with Crippen molar-refractivity contribution in [3.63, 3.8) is 0 Å². The molecule has 0 amide bonds. The quantitative estimate of drug-likeness (QED) is 0.782. The van der Waals surface area contributed by atoms with Crippen LogP contribution in [0.5, 0.6) is 0 Å². The smallest absolute Gasteiger partial charge is 0.311 e. The third-order valence-electron chi connectivity index (χ3n) is 5.23. The normalized spacial score (nSPS) is 41.2. The Morgan fingerprint density at radius 1 is 0.895 bits per heavy atom. The maximum Gasteiger partial charge on any atom is 0.393 e. The van der Waals surface area contributed by atoms with Crippen LogP contribution in [-0.2, 0) is 0 Å². The van der Waals surface area contributed by atoms with Gasteiger partial charge in [-0.2, -0.15) is 13.2 Å². The van der Waals surface area contributed by atoms with Crippen molar-refractivity contribution >= 4 is 0 Å². The average Bonchev–Trinajstić information content (AvgIpc) is 2.33. The molecule has 0 bridgehead atoms. The first-order chi connectivity index (χ1) is 8.88. The average molecular weight is 277 g/mol. The predicted octanol–water partition coefficient (Wildman–Crippen LogP) is 4.52. The lowest BCUT2D eigenvalue weighted by Crippen LogP contribution is -2.50. The van der Waals surface area contributed by atoms with E-state index in [0.717, 1.165) is 32.1 Å². The van der Waals surface area contributed by atoms with Gasteiger partial charge in [0.25, 0.3) is 0 Å². The molecule has 0 spiro atoms. The molecule has 0 aromatic rings. The highest BCUT2D eigenvalue weighted by molar-refractivity contribution is 4.89. The molecule has 0 aliphatic heterocycles. The minimum atomic E-state index is -4.04. The molecule has 2 saturated carbocycles. The van der Waals surface area contributed by atoms with Crippen molar-refractivity contribution in [2.24, 2.45) is 17.8 Å². The van der Waals surface area contributed by atoms with E-state index in [0.29, 0.717) is 30.7 Å². The second-order valence-corrected chi connectivity index (χ2v) is 6.67. The lowest BCUT2D eigenvalue weighted by molar-refractivity contribution is -0.189. The molecule has 1 N–H and O–H groups in total. The maximum absolute atomic E-state index is 13.0. The highest BCUT2D eigenvalue weighted by Crippen LogP contribution is 2.39. The Morgan fingerprint density at radius 2 is 1.58 bits per heavy atom. The summed E-state index contributed by atoms with van der Waals surface area (Å²) in [4.78, 5) is 0. The topological polar surface area (TPSA) is 12.0 Å². The number of nitrogens with one attached hydrogen (secondary N) is 1. The third kappa shape index (κ3) is 3.87. The Morgan fingerprint density at radius 3 is 2.21 bits per heavy atom. The monoisotopic (exact) mass is 277 g/mol. The van der Waals surface area contributed by atoms with Crippen molar-refractivity contribution in [3.8, 4) is 0 Å². The lowest BCUT2D eigenvalue weighted by Gasteiger charge is -2.39.